The predicted octanol–water partition coefficient (Wildman–Crippen LogP) is 3.65. The number of rotatable bonds is 8. The summed E-state index contributed by atoms with van der Waals surface area (Å²) in [6.45, 7) is 3.03. The molecule has 0 bridgehead atoms. The highest BCUT2D eigenvalue weighted by Gasteiger charge is 2.24. The van der Waals surface area contributed by atoms with E-state index < -0.39 is 18.5 Å². The number of hydrogen-bond acceptors (Lipinski definition) is 6. The number of esters is 1. The number of aryl methyl sites for hydroxylation is 1. The van der Waals surface area contributed by atoms with E-state index in [9.17, 15) is 14.4 Å². The maximum absolute atomic E-state index is 12.8. The lowest BCUT2D eigenvalue weighted by atomic mass is 9.88. The van der Waals surface area contributed by atoms with Crippen molar-refractivity contribution < 1.29 is 28.6 Å². The molecule has 1 atom stereocenters. The van der Waals surface area contributed by atoms with Crippen LogP contribution in [0.25, 0.3) is 0 Å². The van der Waals surface area contributed by atoms with Gasteiger partial charge in [0.1, 0.15) is 0 Å². The van der Waals surface area contributed by atoms with Crippen LogP contribution in [0, 0.1) is 5.92 Å². The van der Waals surface area contributed by atoms with Crippen LogP contribution in [0.4, 0.5) is 5.69 Å². The molecule has 1 unspecified atom stereocenters. The van der Waals surface area contributed by atoms with Crippen molar-refractivity contribution >= 4 is 23.5 Å². The van der Waals surface area contributed by atoms with E-state index in [2.05, 4.69) is 16.7 Å². The summed E-state index contributed by atoms with van der Waals surface area (Å²) in [5.74, 6) is -1.07. The molecular formula is C25H30N2O6. The third kappa shape index (κ3) is 5.83. The molecule has 2 amide bonds. The second-order valence-corrected chi connectivity index (χ2v) is 8.18. The fourth-order valence-corrected chi connectivity index (χ4v) is 3.78. The van der Waals surface area contributed by atoms with Gasteiger partial charge in [-0.3, -0.25) is 9.59 Å². The Labute approximate surface area is 193 Å². The first-order chi connectivity index (χ1) is 15.8. The average Bonchev–Trinajstić information content (AvgIpc) is 2.82. The number of fused-ring (bicyclic) bond motifs is 1. The Balaban J connectivity index is 1.71. The van der Waals surface area contributed by atoms with Crippen molar-refractivity contribution in [2.45, 2.75) is 39.2 Å². The van der Waals surface area contributed by atoms with Gasteiger partial charge in [0.05, 0.1) is 31.5 Å². The monoisotopic (exact) mass is 454 g/mol. The van der Waals surface area contributed by atoms with E-state index in [0.29, 0.717) is 11.5 Å². The van der Waals surface area contributed by atoms with Crippen molar-refractivity contribution in [3.05, 3.63) is 53.1 Å². The number of amides is 2. The lowest BCUT2D eigenvalue weighted by Crippen LogP contribution is -2.34. The highest BCUT2D eigenvalue weighted by atomic mass is 16.5. The molecule has 176 valence electrons. The molecule has 8 heteroatoms. The van der Waals surface area contributed by atoms with Crippen LogP contribution in [0.15, 0.2) is 36.4 Å². The lowest BCUT2D eigenvalue weighted by Gasteiger charge is -2.26. The van der Waals surface area contributed by atoms with Gasteiger partial charge in [0, 0.05) is 18.1 Å². The topological polar surface area (TPSA) is 103 Å². The smallest absolute Gasteiger partial charge is 0.340 e. The molecule has 33 heavy (non-hydrogen) atoms. The van der Waals surface area contributed by atoms with Crippen LogP contribution in [0.1, 0.15) is 54.2 Å². The number of carbonyl (C=O) groups is 3. The van der Waals surface area contributed by atoms with E-state index in [1.165, 1.54) is 31.9 Å². The molecule has 0 aromatic heterocycles. The third-order valence-electron chi connectivity index (χ3n) is 5.56. The van der Waals surface area contributed by atoms with Crippen molar-refractivity contribution in [2.75, 3.05) is 26.1 Å². The standard InChI is InChI=1S/C25H30N2O6/c1-15(2)24(29)27-20-13-22(32-4)21(31-3)12-18(20)25(30)33-14-23(28)26-19-11-7-9-16-8-5-6-10-17(16)19/h5-6,8,10,12-13,15,19H,7,9,11,14H2,1-4H3,(H,26,28)(H,27,29). The minimum atomic E-state index is -0.755. The van der Waals surface area contributed by atoms with Gasteiger partial charge in [0.25, 0.3) is 5.91 Å². The summed E-state index contributed by atoms with van der Waals surface area (Å²) in [5, 5.41) is 5.66. The molecule has 8 nitrogen and oxygen atoms in total. The summed E-state index contributed by atoms with van der Waals surface area (Å²) in [6, 6.07) is 10.8. The van der Waals surface area contributed by atoms with Gasteiger partial charge >= 0.3 is 5.97 Å². The Hall–Kier alpha value is -3.55. The summed E-state index contributed by atoms with van der Waals surface area (Å²) in [4.78, 5) is 37.6. The Morgan fingerprint density at radius 2 is 1.76 bits per heavy atom. The highest BCUT2D eigenvalue weighted by Crippen LogP contribution is 2.34. The lowest BCUT2D eigenvalue weighted by molar-refractivity contribution is -0.125. The SMILES string of the molecule is COc1cc(NC(=O)C(C)C)c(C(=O)OCC(=O)NC2CCCc3ccccc32)cc1OC. The second kappa shape index (κ2) is 10.8. The third-order valence-corrected chi connectivity index (χ3v) is 5.56. The van der Waals surface area contributed by atoms with E-state index >= 15 is 0 Å². The maximum atomic E-state index is 12.8. The van der Waals surface area contributed by atoms with Gasteiger partial charge in [-0.05, 0) is 30.4 Å². The van der Waals surface area contributed by atoms with Crippen molar-refractivity contribution in [1.82, 2.24) is 5.32 Å². The average molecular weight is 455 g/mol. The molecule has 0 aliphatic heterocycles. The fraction of sp³-hybridized carbons (Fsp3) is 0.400. The molecule has 1 aliphatic carbocycles. The second-order valence-electron chi connectivity index (χ2n) is 8.18. The molecule has 0 radical (unpaired) electrons. The Morgan fingerprint density at radius 3 is 2.45 bits per heavy atom. The van der Waals surface area contributed by atoms with Gasteiger partial charge < -0.3 is 24.8 Å². The predicted molar refractivity (Wildman–Crippen MR) is 124 cm³/mol. The Kier molecular flexibility index (Phi) is 7.92. The van der Waals surface area contributed by atoms with Gasteiger partial charge in [0.15, 0.2) is 18.1 Å². The van der Waals surface area contributed by atoms with Crippen molar-refractivity contribution in [2.24, 2.45) is 5.92 Å². The number of nitrogens with one attached hydrogen (secondary N) is 2. The van der Waals surface area contributed by atoms with E-state index in [0.717, 1.165) is 24.8 Å². The molecule has 0 fully saturated rings. The van der Waals surface area contributed by atoms with Crippen LogP contribution in [-0.4, -0.2) is 38.6 Å². The number of methoxy groups -OCH3 is 2. The van der Waals surface area contributed by atoms with Crippen LogP contribution < -0.4 is 20.1 Å². The first-order valence-corrected chi connectivity index (χ1v) is 10.9. The maximum Gasteiger partial charge on any atom is 0.340 e. The van der Waals surface area contributed by atoms with Crippen LogP contribution in [0.2, 0.25) is 0 Å². The van der Waals surface area contributed by atoms with Crippen molar-refractivity contribution in [1.29, 1.82) is 0 Å². The summed E-state index contributed by atoms with van der Waals surface area (Å²) in [5.41, 5.74) is 2.61. The summed E-state index contributed by atoms with van der Waals surface area (Å²) in [7, 11) is 2.90. The first-order valence-electron chi connectivity index (χ1n) is 10.9. The van der Waals surface area contributed by atoms with E-state index in [1.54, 1.807) is 13.8 Å². The molecule has 2 aromatic carbocycles. The first kappa shape index (κ1) is 24.1. The van der Waals surface area contributed by atoms with E-state index in [-0.39, 0.29) is 29.1 Å². The zero-order valence-electron chi connectivity index (χ0n) is 19.4. The van der Waals surface area contributed by atoms with Gasteiger partial charge in [-0.1, -0.05) is 38.1 Å². The minimum absolute atomic E-state index is 0.0671. The molecule has 2 aromatic rings. The molecule has 1 aliphatic rings. The largest absolute Gasteiger partial charge is 0.493 e. The zero-order chi connectivity index (χ0) is 24.0. The highest BCUT2D eigenvalue weighted by molar-refractivity contribution is 6.03. The molecule has 2 N–H and O–H groups in total. The summed E-state index contributed by atoms with van der Waals surface area (Å²) >= 11 is 0. The van der Waals surface area contributed by atoms with E-state index in [1.807, 2.05) is 18.2 Å². The quantitative estimate of drug-likeness (QED) is 0.590. The van der Waals surface area contributed by atoms with Crippen LogP contribution in [0.5, 0.6) is 11.5 Å². The molecule has 0 spiro atoms. The van der Waals surface area contributed by atoms with Crippen LogP contribution in [0.3, 0.4) is 0 Å². The Bertz CT molecular complexity index is 1030. The summed E-state index contributed by atoms with van der Waals surface area (Å²) < 4.78 is 15.8. The van der Waals surface area contributed by atoms with Crippen LogP contribution >= 0.6 is 0 Å². The van der Waals surface area contributed by atoms with Gasteiger partial charge in [-0.25, -0.2) is 4.79 Å². The van der Waals surface area contributed by atoms with Gasteiger partial charge in [-0.2, -0.15) is 0 Å². The molecule has 3 rings (SSSR count). The molecule has 0 heterocycles. The number of hydrogen-bond donors (Lipinski definition) is 2. The molecular weight excluding hydrogens is 424 g/mol. The van der Waals surface area contributed by atoms with Crippen molar-refractivity contribution in [3.8, 4) is 11.5 Å². The number of anilines is 1. The molecule has 0 saturated heterocycles. The molecule has 0 saturated carbocycles. The summed E-state index contributed by atoms with van der Waals surface area (Å²) in [6.07, 6.45) is 2.80. The van der Waals surface area contributed by atoms with E-state index in [4.69, 9.17) is 14.2 Å². The van der Waals surface area contributed by atoms with Crippen molar-refractivity contribution in [3.63, 3.8) is 0 Å². The number of benzene rings is 2. The fourth-order valence-electron chi connectivity index (χ4n) is 3.78. The normalized spacial score (nSPS) is 14.8. The number of carbonyl (C=O) groups excluding carboxylic acids is 3. The minimum Gasteiger partial charge on any atom is -0.493 e. The number of ether oxygens (including phenoxy) is 3. The van der Waals surface area contributed by atoms with Gasteiger partial charge in [-0.15, -0.1) is 0 Å². The van der Waals surface area contributed by atoms with Crippen LogP contribution in [-0.2, 0) is 20.7 Å². The van der Waals surface area contributed by atoms with Gasteiger partial charge in [0.2, 0.25) is 5.91 Å². The Morgan fingerprint density at radius 1 is 1.06 bits per heavy atom. The zero-order valence-corrected chi connectivity index (χ0v) is 19.4.